The average molecular weight is 245 g/mol. The summed E-state index contributed by atoms with van der Waals surface area (Å²) in [6.07, 6.45) is -0.296. The van der Waals surface area contributed by atoms with Crippen LogP contribution in [0.4, 0.5) is 13.2 Å². The first-order valence-electron chi connectivity index (χ1n) is 5.31. The Bertz CT molecular complexity index is 418. The van der Waals surface area contributed by atoms with Crippen molar-refractivity contribution >= 4 is 5.91 Å². The van der Waals surface area contributed by atoms with Crippen molar-refractivity contribution in [3.05, 3.63) is 35.1 Å². The van der Waals surface area contributed by atoms with Crippen molar-refractivity contribution < 1.29 is 18.0 Å². The molecular formula is C12H14F3NO. The van der Waals surface area contributed by atoms with Crippen LogP contribution < -0.4 is 5.32 Å². The largest absolute Gasteiger partial charge is 0.356 e. The van der Waals surface area contributed by atoms with E-state index in [1.165, 1.54) is 0 Å². The quantitative estimate of drug-likeness (QED) is 0.811. The molecule has 0 radical (unpaired) electrons. The lowest BCUT2D eigenvalue weighted by Crippen LogP contribution is -2.29. The molecule has 0 saturated heterocycles. The molecule has 1 aromatic carbocycles. The summed E-state index contributed by atoms with van der Waals surface area (Å²) in [5, 5.41) is 2.57. The molecule has 1 rings (SSSR count). The molecular weight excluding hydrogens is 231 g/mol. The number of halogens is 3. The lowest BCUT2D eigenvalue weighted by molar-refractivity contribution is -0.120. The minimum absolute atomic E-state index is 0.148. The summed E-state index contributed by atoms with van der Waals surface area (Å²) in [5.41, 5.74) is -0.148. The van der Waals surface area contributed by atoms with Crippen LogP contribution in [0, 0.1) is 23.4 Å². The van der Waals surface area contributed by atoms with E-state index in [2.05, 4.69) is 5.32 Å². The second kappa shape index (κ2) is 5.70. The fourth-order valence-corrected chi connectivity index (χ4v) is 1.26. The van der Waals surface area contributed by atoms with Crippen LogP contribution in [0.3, 0.4) is 0 Å². The predicted molar refractivity (Wildman–Crippen MR) is 57.9 cm³/mol. The summed E-state index contributed by atoms with van der Waals surface area (Å²) < 4.78 is 38.7. The minimum atomic E-state index is -1.54. The smallest absolute Gasteiger partial charge is 0.224 e. The van der Waals surface area contributed by atoms with E-state index in [-0.39, 0.29) is 17.9 Å². The normalized spacial score (nSPS) is 10.7. The molecule has 0 heterocycles. The van der Waals surface area contributed by atoms with E-state index in [4.69, 9.17) is 0 Å². The maximum absolute atomic E-state index is 13.2. The molecule has 1 N–H and O–H groups in total. The summed E-state index contributed by atoms with van der Waals surface area (Å²) in [6.45, 7) is 4.29. The fraction of sp³-hybridized carbons (Fsp3) is 0.417. The molecule has 5 heteroatoms. The topological polar surface area (TPSA) is 29.1 Å². The third-order valence-electron chi connectivity index (χ3n) is 2.17. The first kappa shape index (κ1) is 13.5. The summed E-state index contributed by atoms with van der Waals surface area (Å²) >= 11 is 0. The molecule has 0 fully saturated rings. The van der Waals surface area contributed by atoms with Gasteiger partial charge in [-0.3, -0.25) is 4.79 Å². The van der Waals surface area contributed by atoms with Gasteiger partial charge in [0.2, 0.25) is 5.91 Å². The lowest BCUT2D eigenvalue weighted by atomic mass is 10.1. The van der Waals surface area contributed by atoms with Gasteiger partial charge in [0.25, 0.3) is 0 Å². The zero-order chi connectivity index (χ0) is 13.0. The number of amides is 1. The van der Waals surface area contributed by atoms with Crippen molar-refractivity contribution in [3.8, 4) is 0 Å². The molecule has 0 unspecified atom stereocenters. The number of rotatable bonds is 4. The highest BCUT2D eigenvalue weighted by Gasteiger charge is 2.15. The highest BCUT2D eigenvalue weighted by molar-refractivity contribution is 5.78. The predicted octanol–water partition coefficient (Wildman–Crippen LogP) is 2.42. The highest BCUT2D eigenvalue weighted by atomic mass is 19.2. The zero-order valence-electron chi connectivity index (χ0n) is 9.69. The van der Waals surface area contributed by atoms with Crippen molar-refractivity contribution in [2.75, 3.05) is 6.54 Å². The molecule has 1 aromatic rings. The van der Waals surface area contributed by atoms with Gasteiger partial charge in [0.15, 0.2) is 17.5 Å². The first-order chi connectivity index (χ1) is 7.91. The van der Waals surface area contributed by atoms with Crippen LogP contribution in [-0.4, -0.2) is 12.5 Å². The number of nitrogens with one attached hydrogen (secondary N) is 1. The number of carbonyl (C=O) groups is 1. The number of benzene rings is 1. The molecule has 0 aromatic heterocycles. The molecule has 0 aliphatic rings. The van der Waals surface area contributed by atoms with Crippen LogP contribution in [0.15, 0.2) is 12.1 Å². The average Bonchev–Trinajstić information content (AvgIpc) is 2.27. The number of carbonyl (C=O) groups excluding carboxylic acids is 1. The van der Waals surface area contributed by atoms with Crippen LogP contribution in [0.5, 0.6) is 0 Å². The van der Waals surface area contributed by atoms with E-state index in [1.54, 1.807) is 0 Å². The first-order valence-corrected chi connectivity index (χ1v) is 5.31. The van der Waals surface area contributed by atoms with Crippen LogP contribution in [-0.2, 0) is 11.2 Å². The second-order valence-electron chi connectivity index (χ2n) is 4.21. The monoisotopic (exact) mass is 245 g/mol. The molecule has 0 aliphatic carbocycles. The Kier molecular flexibility index (Phi) is 4.54. The van der Waals surface area contributed by atoms with Gasteiger partial charge in [-0.2, -0.15) is 0 Å². The van der Waals surface area contributed by atoms with Crippen molar-refractivity contribution in [1.29, 1.82) is 0 Å². The summed E-state index contributed by atoms with van der Waals surface area (Å²) in [5.74, 6) is -4.24. The highest BCUT2D eigenvalue weighted by Crippen LogP contribution is 2.15. The lowest BCUT2D eigenvalue weighted by Gasteiger charge is -2.08. The van der Waals surface area contributed by atoms with Crippen LogP contribution in [0.25, 0.3) is 0 Å². The van der Waals surface area contributed by atoms with Crippen LogP contribution in [0.1, 0.15) is 19.4 Å². The van der Waals surface area contributed by atoms with Gasteiger partial charge in [-0.25, -0.2) is 13.2 Å². The van der Waals surface area contributed by atoms with Gasteiger partial charge in [-0.05, 0) is 12.0 Å². The Morgan fingerprint density at radius 2 is 1.88 bits per heavy atom. The van der Waals surface area contributed by atoms with E-state index >= 15 is 0 Å². The van der Waals surface area contributed by atoms with Gasteiger partial charge in [-0.15, -0.1) is 0 Å². The van der Waals surface area contributed by atoms with Crippen LogP contribution in [0.2, 0.25) is 0 Å². The Balaban J connectivity index is 2.69. The fourth-order valence-electron chi connectivity index (χ4n) is 1.26. The van der Waals surface area contributed by atoms with E-state index in [0.717, 1.165) is 12.1 Å². The molecule has 94 valence electrons. The zero-order valence-corrected chi connectivity index (χ0v) is 9.69. The van der Waals surface area contributed by atoms with Crippen molar-refractivity contribution in [2.24, 2.45) is 5.92 Å². The molecule has 0 atom stereocenters. The Labute approximate surface area is 97.8 Å². The molecule has 1 amide bonds. The summed E-state index contributed by atoms with van der Waals surface area (Å²) in [6, 6.07) is 1.88. The van der Waals surface area contributed by atoms with Gasteiger partial charge in [0, 0.05) is 12.1 Å². The standard InChI is InChI=1S/C12H14F3NO/c1-7(2)6-16-10(17)5-8-3-4-9(13)12(15)11(8)14/h3-4,7H,5-6H2,1-2H3,(H,16,17). The van der Waals surface area contributed by atoms with Crippen molar-refractivity contribution in [1.82, 2.24) is 5.32 Å². The van der Waals surface area contributed by atoms with E-state index in [9.17, 15) is 18.0 Å². The van der Waals surface area contributed by atoms with Crippen LogP contribution >= 0.6 is 0 Å². The van der Waals surface area contributed by atoms with Gasteiger partial charge in [0.1, 0.15) is 0 Å². The SMILES string of the molecule is CC(C)CNC(=O)Cc1ccc(F)c(F)c1F. The van der Waals surface area contributed by atoms with Crippen molar-refractivity contribution in [2.45, 2.75) is 20.3 Å². The third kappa shape index (κ3) is 3.76. The molecule has 17 heavy (non-hydrogen) atoms. The summed E-state index contributed by atoms with van der Waals surface area (Å²) in [7, 11) is 0. The molecule has 0 aliphatic heterocycles. The van der Waals surface area contributed by atoms with Gasteiger partial charge in [-0.1, -0.05) is 19.9 Å². The summed E-state index contributed by atoms with van der Waals surface area (Å²) in [4.78, 5) is 11.4. The Hall–Kier alpha value is -1.52. The number of hydrogen-bond acceptors (Lipinski definition) is 1. The van der Waals surface area contributed by atoms with E-state index in [1.807, 2.05) is 13.8 Å². The maximum Gasteiger partial charge on any atom is 0.224 e. The molecule has 2 nitrogen and oxygen atoms in total. The van der Waals surface area contributed by atoms with Crippen molar-refractivity contribution in [3.63, 3.8) is 0 Å². The Morgan fingerprint density at radius 3 is 2.47 bits per heavy atom. The number of hydrogen-bond donors (Lipinski definition) is 1. The second-order valence-corrected chi connectivity index (χ2v) is 4.21. The van der Waals surface area contributed by atoms with Gasteiger partial charge >= 0.3 is 0 Å². The molecule has 0 saturated carbocycles. The van der Waals surface area contributed by atoms with E-state index < -0.39 is 23.4 Å². The molecule has 0 bridgehead atoms. The Morgan fingerprint density at radius 1 is 1.24 bits per heavy atom. The third-order valence-corrected chi connectivity index (χ3v) is 2.17. The van der Waals surface area contributed by atoms with E-state index in [0.29, 0.717) is 6.54 Å². The minimum Gasteiger partial charge on any atom is -0.356 e. The van der Waals surface area contributed by atoms with Gasteiger partial charge < -0.3 is 5.32 Å². The van der Waals surface area contributed by atoms with Gasteiger partial charge in [0.05, 0.1) is 6.42 Å². The maximum atomic E-state index is 13.2. The molecule has 0 spiro atoms.